The first kappa shape index (κ1) is 11.3. The molecule has 0 heterocycles. The molecule has 0 aliphatic heterocycles. The van der Waals surface area contributed by atoms with Gasteiger partial charge >= 0.3 is 0 Å². The monoisotopic (exact) mass is 192 g/mol. The van der Waals surface area contributed by atoms with Crippen molar-refractivity contribution in [2.45, 2.75) is 38.7 Å². The molecule has 1 unspecified atom stereocenters. The van der Waals surface area contributed by atoms with Crippen molar-refractivity contribution in [1.82, 2.24) is 0 Å². The molecule has 0 bridgehead atoms. The van der Waals surface area contributed by atoms with Gasteiger partial charge in [0.25, 0.3) is 0 Å². The highest BCUT2D eigenvalue weighted by molar-refractivity contribution is 5.35. The van der Waals surface area contributed by atoms with E-state index in [9.17, 15) is 5.11 Å². The van der Waals surface area contributed by atoms with Crippen LogP contribution in [0, 0.1) is 5.41 Å². The molecule has 0 aromatic rings. The van der Waals surface area contributed by atoms with Crippen LogP contribution < -0.4 is 0 Å². The summed E-state index contributed by atoms with van der Waals surface area (Å²) in [4.78, 5) is 0. The van der Waals surface area contributed by atoms with Crippen molar-refractivity contribution < 1.29 is 5.11 Å². The fraction of sp³-hybridized carbons (Fsp3) is 0.538. The minimum Gasteiger partial charge on any atom is -0.392 e. The van der Waals surface area contributed by atoms with Crippen molar-refractivity contribution >= 4 is 0 Å². The molecule has 0 aromatic carbocycles. The van der Waals surface area contributed by atoms with Gasteiger partial charge in [0.1, 0.15) is 0 Å². The van der Waals surface area contributed by atoms with Gasteiger partial charge in [0.2, 0.25) is 0 Å². The summed E-state index contributed by atoms with van der Waals surface area (Å²) in [6, 6.07) is 0. The largest absolute Gasteiger partial charge is 0.392 e. The van der Waals surface area contributed by atoms with Crippen LogP contribution in [0.1, 0.15) is 32.6 Å². The number of rotatable bonds is 6. The number of aliphatic hydroxyl groups excluding tert-OH is 1. The zero-order valence-electron chi connectivity index (χ0n) is 9.00. The van der Waals surface area contributed by atoms with E-state index in [4.69, 9.17) is 0 Å². The fourth-order valence-corrected chi connectivity index (χ4v) is 2.06. The Hall–Kier alpha value is -0.820. The lowest BCUT2D eigenvalue weighted by Crippen LogP contribution is -2.23. The van der Waals surface area contributed by atoms with Gasteiger partial charge in [0.15, 0.2) is 0 Å². The second-order valence-electron chi connectivity index (χ2n) is 4.02. The van der Waals surface area contributed by atoms with Crippen molar-refractivity contribution in [1.29, 1.82) is 0 Å². The number of hydrogen-bond acceptors (Lipinski definition) is 1. The Labute approximate surface area is 86.8 Å². The third-order valence-corrected chi connectivity index (χ3v) is 3.08. The maximum absolute atomic E-state index is 10.0. The van der Waals surface area contributed by atoms with Crippen LogP contribution in [-0.4, -0.2) is 11.2 Å². The summed E-state index contributed by atoms with van der Waals surface area (Å²) in [5, 5.41) is 10.0. The molecule has 1 heteroatoms. The van der Waals surface area contributed by atoms with Gasteiger partial charge in [-0.3, -0.25) is 0 Å². The van der Waals surface area contributed by atoms with Crippen molar-refractivity contribution in [3.8, 4) is 0 Å². The fourth-order valence-electron chi connectivity index (χ4n) is 2.06. The number of hydrogen-bond donors (Lipinski definition) is 1. The van der Waals surface area contributed by atoms with Crippen molar-refractivity contribution in [3.63, 3.8) is 0 Å². The number of aliphatic hydroxyl groups is 1. The quantitative estimate of drug-likeness (QED) is 0.641. The molecule has 1 aliphatic carbocycles. The Morgan fingerprint density at radius 1 is 1.50 bits per heavy atom. The predicted octanol–water partition coefficient (Wildman–Crippen LogP) is 3.23. The van der Waals surface area contributed by atoms with Gasteiger partial charge in [0, 0.05) is 5.41 Å². The van der Waals surface area contributed by atoms with Gasteiger partial charge in [-0.15, -0.1) is 0 Å². The maximum Gasteiger partial charge on any atom is 0.0636 e. The topological polar surface area (TPSA) is 20.2 Å². The Morgan fingerprint density at radius 3 is 2.50 bits per heavy atom. The highest BCUT2D eigenvalue weighted by atomic mass is 16.3. The first-order valence-electron chi connectivity index (χ1n) is 5.35. The summed E-state index contributed by atoms with van der Waals surface area (Å²) >= 11 is 0. The standard InChI is InChI=1S/C13H20O/c1-4-7-11(6-3)13(9-10-13)12(14)8-5-2/h4,6-7,12,14H,1,3,5,8-10H2,2H3/b11-7+. The molecule has 78 valence electrons. The van der Waals surface area contributed by atoms with Crippen molar-refractivity contribution in [2.75, 3.05) is 0 Å². The molecule has 1 saturated carbocycles. The van der Waals surface area contributed by atoms with Gasteiger partial charge in [0.05, 0.1) is 6.10 Å². The van der Waals surface area contributed by atoms with E-state index in [0.29, 0.717) is 0 Å². The average Bonchev–Trinajstić information content (AvgIpc) is 2.95. The first-order valence-corrected chi connectivity index (χ1v) is 5.35. The minimum absolute atomic E-state index is 0.00590. The SMILES string of the molecule is C=C/C=C(\C=C)C1(C(O)CCC)CC1. The molecule has 1 fully saturated rings. The third kappa shape index (κ3) is 1.98. The molecule has 0 spiro atoms. The zero-order chi connectivity index (χ0) is 10.6. The lowest BCUT2D eigenvalue weighted by molar-refractivity contribution is 0.104. The molecule has 14 heavy (non-hydrogen) atoms. The van der Waals surface area contributed by atoms with Crippen LogP contribution in [0.3, 0.4) is 0 Å². The third-order valence-electron chi connectivity index (χ3n) is 3.08. The van der Waals surface area contributed by atoms with E-state index < -0.39 is 0 Å². The van der Waals surface area contributed by atoms with Crippen LogP contribution in [0.4, 0.5) is 0 Å². The van der Waals surface area contributed by atoms with Crippen molar-refractivity contribution in [2.24, 2.45) is 5.41 Å². The van der Waals surface area contributed by atoms with Gasteiger partial charge < -0.3 is 5.11 Å². The molecule has 0 radical (unpaired) electrons. The van der Waals surface area contributed by atoms with E-state index in [-0.39, 0.29) is 11.5 Å². The van der Waals surface area contributed by atoms with Crippen LogP contribution >= 0.6 is 0 Å². The van der Waals surface area contributed by atoms with Crippen LogP contribution in [0.15, 0.2) is 37.0 Å². The Balaban J connectivity index is 2.77. The lowest BCUT2D eigenvalue weighted by atomic mass is 9.87. The Kier molecular flexibility index (Phi) is 3.70. The van der Waals surface area contributed by atoms with E-state index in [1.54, 1.807) is 6.08 Å². The maximum atomic E-state index is 10.0. The van der Waals surface area contributed by atoms with Crippen LogP contribution in [0.2, 0.25) is 0 Å². The highest BCUT2D eigenvalue weighted by Crippen LogP contribution is 2.55. The van der Waals surface area contributed by atoms with Gasteiger partial charge in [-0.2, -0.15) is 0 Å². The molecule has 0 amide bonds. The number of allylic oxidation sites excluding steroid dienone is 3. The molecule has 0 aromatic heterocycles. The average molecular weight is 192 g/mol. The summed E-state index contributed by atoms with van der Waals surface area (Å²) in [5.74, 6) is 0. The minimum atomic E-state index is -0.211. The highest BCUT2D eigenvalue weighted by Gasteiger charge is 2.49. The van der Waals surface area contributed by atoms with E-state index in [1.165, 1.54) is 0 Å². The molecule has 1 N–H and O–H groups in total. The van der Waals surface area contributed by atoms with E-state index >= 15 is 0 Å². The van der Waals surface area contributed by atoms with E-state index in [0.717, 1.165) is 31.3 Å². The summed E-state index contributed by atoms with van der Waals surface area (Å²) in [7, 11) is 0. The Bertz CT molecular complexity index is 246. The molecular weight excluding hydrogens is 172 g/mol. The van der Waals surface area contributed by atoms with Crippen molar-refractivity contribution in [3.05, 3.63) is 37.0 Å². The van der Waals surface area contributed by atoms with E-state index in [1.807, 2.05) is 12.2 Å². The van der Waals surface area contributed by atoms with Gasteiger partial charge in [-0.25, -0.2) is 0 Å². The van der Waals surface area contributed by atoms with Gasteiger partial charge in [-0.05, 0) is 24.8 Å². The first-order chi connectivity index (χ1) is 6.71. The molecule has 1 rings (SSSR count). The van der Waals surface area contributed by atoms with Crippen LogP contribution in [0.5, 0.6) is 0 Å². The summed E-state index contributed by atoms with van der Waals surface area (Å²) in [6.07, 6.45) is 9.46. The van der Waals surface area contributed by atoms with E-state index in [2.05, 4.69) is 20.1 Å². The predicted molar refractivity (Wildman–Crippen MR) is 61.1 cm³/mol. The molecule has 1 aliphatic rings. The van der Waals surface area contributed by atoms with Crippen LogP contribution in [0.25, 0.3) is 0 Å². The normalized spacial score (nSPS) is 21.4. The molecule has 0 saturated heterocycles. The zero-order valence-corrected chi connectivity index (χ0v) is 9.00. The summed E-state index contributed by atoms with van der Waals surface area (Å²) in [6.45, 7) is 9.59. The van der Waals surface area contributed by atoms with Crippen LogP contribution in [-0.2, 0) is 0 Å². The second kappa shape index (κ2) is 4.61. The second-order valence-corrected chi connectivity index (χ2v) is 4.02. The Morgan fingerprint density at radius 2 is 2.14 bits per heavy atom. The smallest absolute Gasteiger partial charge is 0.0636 e. The summed E-state index contributed by atoms with van der Waals surface area (Å²) < 4.78 is 0. The molecule has 1 atom stereocenters. The summed E-state index contributed by atoms with van der Waals surface area (Å²) in [5.41, 5.74) is 1.15. The molecular formula is C13H20O. The molecule has 1 nitrogen and oxygen atoms in total. The van der Waals surface area contributed by atoms with Gasteiger partial charge in [-0.1, -0.05) is 44.7 Å². The lowest BCUT2D eigenvalue weighted by Gasteiger charge is -2.23.